The Morgan fingerprint density at radius 2 is 1.20 bits per heavy atom. The largest absolute Gasteiger partial charge is 0.481 e. The predicted octanol–water partition coefficient (Wildman–Crippen LogP) is 0.398. The Morgan fingerprint density at radius 3 is 1.73 bits per heavy atom. The van der Waals surface area contributed by atoms with Crippen LogP contribution in [0.2, 0.25) is 0 Å². The van der Waals surface area contributed by atoms with Gasteiger partial charge in [-0.05, 0) is 37.2 Å². The van der Waals surface area contributed by atoms with E-state index in [1.54, 1.807) is 13.8 Å². The summed E-state index contributed by atoms with van der Waals surface area (Å²) in [5, 5.41) is 36.8. The van der Waals surface area contributed by atoms with Crippen molar-refractivity contribution in [3.05, 3.63) is 35.9 Å². The van der Waals surface area contributed by atoms with E-state index < -0.39 is 103 Å². The van der Waals surface area contributed by atoms with Gasteiger partial charge in [0.15, 0.2) is 5.78 Å². The maximum Gasteiger partial charge on any atom is 0.305 e. The van der Waals surface area contributed by atoms with E-state index in [-0.39, 0.29) is 6.42 Å². The summed E-state index contributed by atoms with van der Waals surface area (Å²) in [7, 11) is 0. The average molecular weight is 635 g/mol. The SMILES string of the molecule is CC(=O)N[C@@H](CC(=O)O)C(=O)N[C@@H](CCC(=O)O)C(=O)N[C@H](C(=O)N[C@@H](CC(=O)O)C(=O)CCCCc1ccccc1)C(C)C. The second-order valence-corrected chi connectivity index (χ2v) is 10.9. The summed E-state index contributed by atoms with van der Waals surface area (Å²) in [6, 6.07) is 3.76. The number of rotatable bonds is 21. The molecule has 0 unspecified atom stereocenters. The first kappa shape index (κ1) is 38.2. The number of hydrogen-bond acceptors (Lipinski definition) is 8. The number of ketones is 1. The van der Waals surface area contributed by atoms with Crippen LogP contribution in [-0.2, 0) is 44.8 Å². The fourth-order valence-corrected chi connectivity index (χ4v) is 4.36. The summed E-state index contributed by atoms with van der Waals surface area (Å²) in [5.74, 6) is -8.79. The second kappa shape index (κ2) is 19.5. The van der Waals surface area contributed by atoms with E-state index in [9.17, 15) is 43.5 Å². The zero-order valence-corrected chi connectivity index (χ0v) is 25.5. The van der Waals surface area contributed by atoms with Crippen LogP contribution < -0.4 is 21.3 Å². The minimum atomic E-state index is -1.57. The van der Waals surface area contributed by atoms with Crippen LogP contribution in [0.25, 0.3) is 0 Å². The highest BCUT2D eigenvalue weighted by atomic mass is 16.4. The number of nitrogens with one attached hydrogen (secondary N) is 4. The van der Waals surface area contributed by atoms with Gasteiger partial charge in [0, 0.05) is 19.8 Å². The van der Waals surface area contributed by atoms with Gasteiger partial charge in [0.25, 0.3) is 0 Å². The molecule has 0 radical (unpaired) electrons. The third kappa shape index (κ3) is 15.5. The first-order valence-electron chi connectivity index (χ1n) is 14.5. The number of aryl methyl sites for hydroxylation is 1. The molecular formula is C30H42N4O11. The van der Waals surface area contributed by atoms with E-state index >= 15 is 0 Å². The Balaban J connectivity index is 3.01. The summed E-state index contributed by atoms with van der Waals surface area (Å²) < 4.78 is 0. The van der Waals surface area contributed by atoms with Crippen LogP contribution in [0.5, 0.6) is 0 Å². The van der Waals surface area contributed by atoms with E-state index in [1.807, 2.05) is 30.3 Å². The van der Waals surface area contributed by atoms with Crippen LogP contribution in [0.4, 0.5) is 0 Å². The van der Waals surface area contributed by atoms with E-state index in [4.69, 9.17) is 10.2 Å². The molecule has 1 aromatic carbocycles. The van der Waals surface area contributed by atoms with E-state index in [1.165, 1.54) is 0 Å². The molecule has 15 heteroatoms. The molecule has 0 saturated carbocycles. The van der Waals surface area contributed by atoms with Crippen LogP contribution in [0.3, 0.4) is 0 Å². The summed E-state index contributed by atoms with van der Waals surface area (Å²) in [5.41, 5.74) is 1.08. The van der Waals surface area contributed by atoms with Crippen molar-refractivity contribution in [1.82, 2.24) is 21.3 Å². The number of carboxylic acid groups (broad SMARTS) is 3. The molecule has 0 aliphatic heterocycles. The minimum absolute atomic E-state index is 0.0128. The number of benzene rings is 1. The van der Waals surface area contributed by atoms with Crippen molar-refractivity contribution in [2.24, 2.45) is 5.92 Å². The van der Waals surface area contributed by atoms with Gasteiger partial charge < -0.3 is 36.6 Å². The molecule has 0 aromatic heterocycles. The number of hydrogen-bond donors (Lipinski definition) is 7. The number of amides is 4. The molecular weight excluding hydrogens is 592 g/mol. The smallest absolute Gasteiger partial charge is 0.305 e. The highest BCUT2D eigenvalue weighted by Gasteiger charge is 2.33. The third-order valence-corrected chi connectivity index (χ3v) is 6.66. The van der Waals surface area contributed by atoms with Crippen LogP contribution in [0, 0.1) is 5.92 Å². The van der Waals surface area contributed by atoms with Gasteiger partial charge in [-0.1, -0.05) is 44.2 Å². The topological polar surface area (TPSA) is 245 Å². The van der Waals surface area contributed by atoms with Gasteiger partial charge in [-0.25, -0.2) is 0 Å². The predicted molar refractivity (Wildman–Crippen MR) is 159 cm³/mol. The molecule has 4 atom stereocenters. The van der Waals surface area contributed by atoms with E-state index in [0.717, 1.165) is 12.5 Å². The molecule has 0 bridgehead atoms. The summed E-state index contributed by atoms with van der Waals surface area (Å²) >= 11 is 0. The molecule has 0 saturated heterocycles. The molecule has 1 rings (SSSR count). The third-order valence-electron chi connectivity index (χ3n) is 6.66. The monoisotopic (exact) mass is 634 g/mol. The van der Waals surface area contributed by atoms with Crippen molar-refractivity contribution < 1.29 is 53.7 Å². The Labute approximate surface area is 260 Å². The van der Waals surface area contributed by atoms with Crippen LogP contribution in [-0.4, -0.2) is 86.8 Å². The lowest BCUT2D eigenvalue weighted by molar-refractivity contribution is -0.142. The number of unbranched alkanes of at least 4 members (excludes halogenated alkanes) is 1. The zero-order chi connectivity index (χ0) is 34.1. The Bertz CT molecular complexity index is 1200. The molecule has 0 aliphatic rings. The zero-order valence-electron chi connectivity index (χ0n) is 25.5. The Morgan fingerprint density at radius 1 is 0.644 bits per heavy atom. The summed E-state index contributed by atoms with van der Waals surface area (Å²) in [6.45, 7) is 4.18. The number of carbonyl (C=O) groups is 8. The van der Waals surface area contributed by atoms with Gasteiger partial charge >= 0.3 is 17.9 Å². The lowest BCUT2D eigenvalue weighted by atomic mass is 9.98. The van der Waals surface area contributed by atoms with Crippen molar-refractivity contribution in [3.8, 4) is 0 Å². The quantitative estimate of drug-likeness (QED) is 0.0912. The fourth-order valence-electron chi connectivity index (χ4n) is 4.36. The molecule has 15 nitrogen and oxygen atoms in total. The molecule has 7 N–H and O–H groups in total. The highest BCUT2D eigenvalue weighted by Crippen LogP contribution is 2.11. The van der Waals surface area contributed by atoms with Gasteiger partial charge in [0.05, 0.1) is 18.9 Å². The molecule has 1 aromatic rings. The standard InChI is InChI=1S/C30H42N4O11/c1-17(2)27(30(45)33-21(15-25(39)40)23(36)12-8-7-11-19-9-5-4-6-10-19)34-28(43)20(13-14-24(37)38)32-29(44)22(16-26(41)42)31-18(3)35/h4-6,9-10,17,20-22,27H,7-8,11-16H2,1-3H3,(H,31,35)(H,32,44)(H,33,45)(H,34,43)(H,37,38)(H,39,40)(H,41,42)/t20-,21-,22-,27-/m0/s1. The average Bonchev–Trinajstić information content (AvgIpc) is 2.94. The minimum Gasteiger partial charge on any atom is -0.481 e. The number of aliphatic carboxylic acids is 3. The number of carboxylic acids is 3. The van der Waals surface area contributed by atoms with Crippen molar-refractivity contribution in [3.63, 3.8) is 0 Å². The summed E-state index contributed by atoms with van der Waals surface area (Å²) in [6.07, 6.45) is -0.689. The molecule has 0 fully saturated rings. The second-order valence-electron chi connectivity index (χ2n) is 10.9. The van der Waals surface area contributed by atoms with Crippen LogP contribution >= 0.6 is 0 Å². The van der Waals surface area contributed by atoms with Crippen molar-refractivity contribution in [1.29, 1.82) is 0 Å². The lowest BCUT2D eigenvalue weighted by Gasteiger charge is -2.27. The highest BCUT2D eigenvalue weighted by molar-refractivity contribution is 5.97. The molecule has 0 aliphatic carbocycles. The van der Waals surface area contributed by atoms with Crippen LogP contribution in [0.15, 0.2) is 30.3 Å². The fraction of sp³-hybridized carbons (Fsp3) is 0.533. The normalized spacial score (nSPS) is 13.4. The van der Waals surface area contributed by atoms with E-state index in [0.29, 0.717) is 19.3 Å². The molecule has 0 heterocycles. The van der Waals surface area contributed by atoms with Crippen molar-refractivity contribution >= 4 is 47.3 Å². The molecule has 4 amide bonds. The summed E-state index contributed by atoms with van der Waals surface area (Å²) in [4.78, 5) is 97.4. The van der Waals surface area contributed by atoms with Crippen LogP contribution in [0.1, 0.15) is 71.3 Å². The number of Topliss-reactive ketones (excluding diaryl/α,β-unsaturated/α-hetero) is 1. The number of carbonyl (C=O) groups excluding carboxylic acids is 5. The first-order chi connectivity index (χ1) is 21.1. The maximum absolute atomic E-state index is 13.2. The van der Waals surface area contributed by atoms with Gasteiger partial charge in [0.1, 0.15) is 18.1 Å². The van der Waals surface area contributed by atoms with E-state index in [2.05, 4.69) is 21.3 Å². The maximum atomic E-state index is 13.2. The lowest BCUT2D eigenvalue weighted by Crippen LogP contribution is -2.59. The Kier molecular flexibility index (Phi) is 16.5. The van der Waals surface area contributed by atoms with Crippen molar-refractivity contribution in [2.75, 3.05) is 0 Å². The Hall–Kier alpha value is -4.82. The van der Waals surface area contributed by atoms with Gasteiger partial charge in [-0.2, -0.15) is 0 Å². The van der Waals surface area contributed by atoms with Crippen molar-refractivity contribution in [2.45, 2.75) is 96.3 Å². The molecule has 45 heavy (non-hydrogen) atoms. The van der Waals surface area contributed by atoms with Gasteiger partial charge in [0.2, 0.25) is 23.6 Å². The van der Waals surface area contributed by atoms with Gasteiger partial charge in [-0.3, -0.25) is 38.4 Å². The first-order valence-corrected chi connectivity index (χ1v) is 14.5. The molecule has 248 valence electrons. The molecule has 0 spiro atoms. The van der Waals surface area contributed by atoms with Gasteiger partial charge in [-0.15, -0.1) is 0 Å².